The summed E-state index contributed by atoms with van der Waals surface area (Å²) in [7, 11) is 0. The molecule has 0 bridgehead atoms. The summed E-state index contributed by atoms with van der Waals surface area (Å²) < 4.78 is 0. The first-order valence-corrected chi connectivity index (χ1v) is 7.66. The molecule has 116 valence electrons. The summed E-state index contributed by atoms with van der Waals surface area (Å²) in [6.07, 6.45) is 5.37. The van der Waals surface area contributed by atoms with Crippen molar-refractivity contribution in [3.63, 3.8) is 0 Å². The van der Waals surface area contributed by atoms with Gasteiger partial charge in [-0.15, -0.1) is 0 Å². The molecule has 4 heteroatoms. The number of benzene rings is 2. The van der Waals surface area contributed by atoms with E-state index < -0.39 is 0 Å². The maximum atomic E-state index is 11.9. The van der Waals surface area contributed by atoms with Gasteiger partial charge in [-0.2, -0.15) is 0 Å². The Hall–Kier alpha value is -2.88. The second-order valence-electron chi connectivity index (χ2n) is 5.56. The van der Waals surface area contributed by atoms with E-state index in [0.29, 0.717) is 17.3 Å². The minimum absolute atomic E-state index is 0.0608. The Labute approximate surface area is 135 Å². The predicted octanol–water partition coefficient (Wildman–Crippen LogP) is 3.23. The minimum Gasteiger partial charge on any atom is -0.349 e. The molecule has 0 radical (unpaired) electrons. The van der Waals surface area contributed by atoms with E-state index >= 15 is 0 Å². The van der Waals surface area contributed by atoms with E-state index in [1.54, 1.807) is 30.3 Å². The second-order valence-corrected chi connectivity index (χ2v) is 5.56. The number of carbonyl (C=O) groups is 2. The lowest BCUT2D eigenvalue weighted by molar-refractivity contribution is -0.111. The normalized spacial score (nSPS) is 13.7. The molecule has 23 heavy (non-hydrogen) atoms. The Morgan fingerprint density at radius 3 is 2.30 bits per heavy atom. The van der Waals surface area contributed by atoms with Crippen molar-refractivity contribution >= 4 is 23.6 Å². The highest BCUT2D eigenvalue weighted by Gasteiger charge is 2.23. The van der Waals surface area contributed by atoms with Crippen LogP contribution >= 0.6 is 0 Å². The van der Waals surface area contributed by atoms with Gasteiger partial charge in [0.25, 0.3) is 5.91 Å². The van der Waals surface area contributed by atoms with Crippen LogP contribution in [0.15, 0.2) is 60.7 Å². The van der Waals surface area contributed by atoms with Crippen LogP contribution in [0.4, 0.5) is 5.69 Å². The highest BCUT2D eigenvalue weighted by molar-refractivity contribution is 6.02. The van der Waals surface area contributed by atoms with Crippen molar-refractivity contribution in [3.05, 3.63) is 71.8 Å². The Balaban J connectivity index is 1.56. The maximum absolute atomic E-state index is 11.9. The molecule has 0 aromatic heterocycles. The minimum atomic E-state index is -0.205. The molecule has 0 atom stereocenters. The first-order chi connectivity index (χ1) is 11.2. The quantitative estimate of drug-likeness (QED) is 0.833. The third kappa shape index (κ3) is 4.54. The molecule has 2 aromatic rings. The lowest BCUT2D eigenvalue weighted by Crippen LogP contribution is -2.25. The Morgan fingerprint density at radius 2 is 1.65 bits per heavy atom. The van der Waals surface area contributed by atoms with Crippen LogP contribution in [0, 0.1) is 0 Å². The summed E-state index contributed by atoms with van der Waals surface area (Å²) in [4.78, 5) is 23.8. The average molecular weight is 306 g/mol. The molecule has 3 rings (SSSR count). The van der Waals surface area contributed by atoms with E-state index in [9.17, 15) is 9.59 Å². The summed E-state index contributed by atoms with van der Waals surface area (Å²) in [6, 6.07) is 16.9. The summed E-state index contributed by atoms with van der Waals surface area (Å²) in [6.45, 7) is 0. The maximum Gasteiger partial charge on any atom is 0.251 e. The molecule has 0 spiro atoms. The summed E-state index contributed by atoms with van der Waals surface area (Å²) in [5.41, 5.74) is 2.24. The van der Waals surface area contributed by atoms with Gasteiger partial charge < -0.3 is 10.6 Å². The van der Waals surface area contributed by atoms with E-state index in [0.717, 1.165) is 18.4 Å². The molecule has 1 saturated carbocycles. The van der Waals surface area contributed by atoms with Gasteiger partial charge in [-0.05, 0) is 48.7 Å². The van der Waals surface area contributed by atoms with Crippen LogP contribution in [0.25, 0.3) is 6.08 Å². The molecule has 0 saturated heterocycles. The Morgan fingerprint density at radius 1 is 0.957 bits per heavy atom. The van der Waals surface area contributed by atoms with Crippen molar-refractivity contribution in [1.82, 2.24) is 5.32 Å². The van der Waals surface area contributed by atoms with Gasteiger partial charge in [0.2, 0.25) is 5.91 Å². The standard InChI is InChI=1S/C19H18N2O2/c22-18(13-6-14-4-2-1-3-5-14)20-16-9-7-15(8-10-16)19(23)21-17-11-12-17/h1-10,13,17H,11-12H2,(H,20,22)(H,21,23)/b13-6+. The zero-order valence-corrected chi connectivity index (χ0v) is 12.7. The molecular weight excluding hydrogens is 288 g/mol. The molecule has 0 heterocycles. The fourth-order valence-electron chi connectivity index (χ4n) is 2.12. The van der Waals surface area contributed by atoms with Crippen LogP contribution in [0.2, 0.25) is 0 Å². The Kier molecular flexibility index (Phi) is 4.52. The van der Waals surface area contributed by atoms with Gasteiger partial charge in [0.05, 0.1) is 0 Å². The first kappa shape index (κ1) is 15.0. The van der Waals surface area contributed by atoms with Crippen LogP contribution in [0.3, 0.4) is 0 Å². The van der Waals surface area contributed by atoms with Gasteiger partial charge >= 0.3 is 0 Å². The van der Waals surface area contributed by atoms with Crippen molar-refractivity contribution < 1.29 is 9.59 Å². The molecule has 2 N–H and O–H groups in total. The van der Waals surface area contributed by atoms with E-state index in [2.05, 4.69) is 10.6 Å². The highest BCUT2D eigenvalue weighted by atomic mass is 16.2. The zero-order chi connectivity index (χ0) is 16.1. The molecule has 4 nitrogen and oxygen atoms in total. The van der Waals surface area contributed by atoms with E-state index in [4.69, 9.17) is 0 Å². The van der Waals surface area contributed by atoms with Gasteiger partial charge in [-0.3, -0.25) is 9.59 Å². The van der Waals surface area contributed by atoms with Gasteiger partial charge in [-0.25, -0.2) is 0 Å². The van der Waals surface area contributed by atoms with Crippen LogP contribution in [-0.4, -0.2) is 17.9 Å². The van der Waals surface area contributed by atoms with E-state index in [1.807, 2.05) is 30.3 Å². The molecule has 1 aliphatic rings. The van der Waals surface area contributed by atoms with Crippen LogP contribution < -0.4 is 10.6 Å². The summed E-state index contributed by atoms with van der Waals surface area (Å²) in [5, 5.41) is 5.71. The zero-order valence-electron chi connectivity index (χ0n) is 12.7. The number of nitrogens with one attached hydrogen (secondary N) is 2. The van der Waals surface area contributed by atoms with Crippen LogP contribution in [-0.2, 0) is 4.79 Å². The topological polar surface area (TPSA) is 58.2 Å². The van der Waals surface area contributed by atoms with Crippen molar-refractivity contribution in [3.8, 4) is 0 Å². The van der Waals surface area contributed by atoms with Gasteiger partial charge in [0, 0.05) is 23.4 Å². The summed E-state index contributed by atoms with van der Waals surface area (Å²) in [5.74, 6) is -0.265. The number of amides is 2. The molecule has 0 unspecified atom stereocenters. The van der Waals surface area contributed by atoms with Gasteiger partial charge in [-0.1, -0.05) is 30.3 Å². The molecule has 1 fully saturated rings. The summed E-state index contributed by atoms with van der Waals surface area (Å²) >= 11 is 0. The molecule has 0 aliphatic heterocycles. The largest absolute Gasteiger partial charge is 0.349 e. The van der Waals surface area contributed by atoms with Gasteiger partial charge in [0.15, 0.2) is 0 Å². The highest BCUT2D eigenvalue weighted by Crippen LogP contribution is 2.19. The molecular formula is C19H18N2O2. The number of hydrogen-bond donors (Lipinski definition) is 2. The second kappa shape index (κ2) is 6.92. The van der Waals surface area contributed by atoms with Crippen LogP contribution in [0.5, 0.6) is 0 Å². The first-order valence-electron chi connectivity index (χ1n) is 7.66. The van der Waals surface area contributed by atoms with Crippen molar-refractivity contribution in [2.24, 2.45) is 0 Å². The lowest BCUT2D eigenvalue weighted by atomic mass is 10.2. The number of rotatable bonds is 5. The van der Waals surface area contributed by atoms with Gasteiger partial charge in [0.1, 0.15) is 0 Å². The number of carbonyl (C=O) groups excluding carboxylic acids is 2. The smallest absolute Gasteiger partial charge is 0.251 e. The number of anilines is 1. The fraction of sp³-hybridized carbons (Fsp3) is 0.158. The fourth-order valence-corrected chi connectivity index (χ4v) is 2.12. The SMILES string of the molecule is O=C(/C=C/c1ccccc1)Nc1ccc(C(=O)NC2CC2)cc1. The van der Waals surface area contributed by atoms with E-state index in [-0.39, 0.29) is 11.8 Å². The van der Waals surface area contributed by atoms with Crippen LogP contribution in [0.1, 0.15) is 28.8 Å². The predicted molar refractivity (Wildman–Crippen MR) is 91.0 cm³/mol. The third-order valence-electron chi connectivity index (χ3n) is 3.55. The van der Waals surface area contributed by atoms with Crippen molar-refractivity contribution in [2.75, 3.05) is 5.32 Å². The molecule has 2 amide bonds. The van der Waals surface area contributed by atoms with E-state index in [1.165, 1.54) is 6.08 Å². The molecule has 2 aromatic carbocycles. The molecule has 1 aliphatic carbocycles. The number of hydrogen-bond acceptors (Lipinski definition) is 2. The lowest BCUT2D eigenvalue weighted by Gasteiger charge is -2.05. The monoisotopic (exact) mass is 306 g/mol. The average Bonchev–Trinajstić information content (AvgIpc) is 3.38. The van der Waals surface area contributed by atoms with Crippen molar-refractivity contribution in [1.29, 1.82) is 0 Å². The Bertz CT molecular complexity index is 717. The third-order valence-corrected chi connectivity index (χ3v) is 3.55. The van der Waals surface area contributed by atoms with Crippen molar-refractivity contribution in [2.45, 2.75) is 18.9 Å².